The largest absolute Gasteiger partial charge is 0.493 e. The summed E-state index contributed by atoms with van der Waals surface area (Å²) in [5.41, 5.74) is 6.14. The molecule has 1 aliphatic heterocycles. The molecule has 0 aliphatic carbocycles. The van der Waals surface area contributed by atoms with E-state index in [0.29, 0.717) is 24.5 Å². The molecule has 2 N–H and O–H groups in total. The zero-order chi connectivity index (χ0) is 9.26. The predicted molar refractivity (Wildman–Crippen MR) is 48.3 cm³/mol. The van der Waals surface area contributed by atoms with Crippen LogP contribution in [0.1, 0.15) is 17.9 Å². The fourth-order valence-electron chi connectivity index (χ4n) is 1.74. The summed E-state index contributed by atoms with van der Waals surface area (Å²) >= 11 is 0. The molecule has 0 radical (unpaired) electrons. The lowest BCUT2D eigenvalue weighted by atomic mass is 9.97. The first-order chi connectivity index (χ1) is 6.33. The van der Waals surface area contributed by atoms with Crippen molar-refractivity contribution in [1.82, 2.24) is 0 Å². The second-order valence-electron chi connectivity index (χ2n) is 3.24. The highest BCUT2D eigenvalue weighted by Crippen LogP contribution is 2.37. The van der Waals surface area contributed by atoms with Gasteiger partial charge in [-0.15, -0.1) is 0 Å². The molecule has 13 heavy (non-hydrogen) atoms. The standard InChI is InChI=1S/C10H12FNO/c11-8-2-1-3-9-10(8)7(4-5-12)6-13-9/h1-3,7H,4-6,12H2. The average molecular weight is 181 g/mol. The van der Waals surface area contributed by atoms with E-state index in [-0.39, 0.29) is 11.7 Å². The minimum Gasteiger partial charge on any atom is -0.493 e. The lowest BCUT2D eigenvalue weighted by Crippen LogP contribution is -2.09. The highest BCUT2D eigenvalue weighted by molar-refractivity contribution is 5.40. The van der Waals surface area contributed by atoms with Gasteiger partial charge in [0.2, 0.25) is 0 Å². The maximum Gasteiger partial charge on any atom is 0.130 e. The maximum atomic E-state index is 13.3. The zero-order valence-electron chi connectivity index (χ0n) is 7.29. The fourth-order valence-corrected chi connectivity index (χ4v) is 1.74. The van der Waals surface area contributed by atoms with E-state index in [1.54, 1.807) is 12.1 Å². The number of ether oxygens (including phenoxy) is 1. The number of rotatable bonds is 2. The van der Waals surface area contributed by atoms with Crippen LogP contribution in [0.4, 0.5) is 4.39 Å². The molecule has 1 aliphatic rings. The van der Waals surface area contributed by atoms with Crippen LogP contribution in [0.25, 0.3) is 0 Å². The Morgan fingerprint density at radius 2 is 2.38 bits per heavy atom. The summed E-state index contributed by atoms with van der Waals surface area (Å²) in [6.07, 6.45) is 0.786. The first-order valence-electron chi connectivity index (χ1n) is 4.44. The lowest BCUT2D eigenvalue weighted by Gasteiger charge is -2.06. The molecule has 1 aromatic carbocycles. The zero-order valence-corrected chi connectivity index (χ0v) is 7.29. The molecule has 1 unspecified atom stereocenters. The summed E-state index contributed by atoms with van der Waals surface area (Å²) in [4.78, 5) is 0. The first kappa shape index (κ1) is 8.51. The van der Waals surface area contributed by atoms with Crippen LogP contribution in [-0.4, -0.2) is 13.2 Å². The van der Waals surface area contributed by atoms with Gasteiger partial charge in [-0.2, -0.15) is 0 Å². The monoisotopic (exact) mass is 181 g/mol. The van der Waals surface area contributed by atoms with Crippen molar-refractivity contribution in [2.75, 3.05) is 13.2 Å². The Morgan fingerprint density at radius 3 is 3.15 bits per heavy atom. The van der Waals surface area contributed by atoms with Crippen LogP contribution in [-0.2, 0) is 0 Å². The molecule has 2 rings (SSSR count). The number of fused-ring (bicyclic) bond motifs is 1. The Hall–Kier alpha value is -1.09. The highest BCUT2D eigenvalue weighted by Gasteiger charge is 2.26. The van der Waals surface area contributed by atoms with Gasteiger partial charge < -0.3 is 10.5 Å². The maximum absolute atomic E-state index is 13.3. The lowest BCUT2D eigenvalue weighted by molar-refractivity contribution is 0.326. The Kier molecular flexibility index (Phi) is 2.19. The normalized spacial score (nSPS) is 19.7. The van der Waals surface area contributed by atoms with Gasteiger partial charge in [0.25, 0.3) is 0 Å². The molecule has 70 valence electrons. The van der Waals surface area contributed by atoms with E-state index in [1.807, 2.05) is 0 Å². The minimum absolute atomic E-state index is 0.140. The summed E-state index contributed by atoms with van der Waals surface area (Å²) in [6.45, 7) is 1.13. The number of hydrogen-bond acceptors (Lipinski definition) is 2. The van der Waals surface area contributed by atoms with Crippen LogP contribution in [0.5, 0.6) is 5.75 Å². The molecule has 0 aromatic heterocycles. The van der Waals surface area contributed by atoms with Crippen LogP contribution >= 0.6 is 0 Å². The molecule has 2 nitrogen and oxygen atoms in total. The number of hydrogen-bond donors (Lipinski definition) is 1. The Morgan fingerprint density at radius 1 is 1.54 bits per heavy atom. The van der Waals surface area contributed by atoms with Gasteiger partial charge in [0.15, 0.2) is 0 Å². The van der Waals surface area contributed by atoms with Crippen LogP contribution in [0.15, 0.2) is 18.2 Å². The molecule has 0 fully saturated rings. The molecular formula is C10H12FNO. The molecule has 3 heteroatoms. The van der Waals surface area contributed by atoms with Crippen molar-refractivity contribution in [2.45, 2.75) is 12.3 Å². The molecule has 0 saturated carbocycles. The summed E-state index contributed by atoms with van der Waals surface area (Å²) < 4.78 is 18.7. The third-order valence-electron chi connectivity index (χ3n) is 2.38. The fraction of sp³-hybridized carbons (Fsp3) is 0.400. The van der Waals surface area contributed by atoms with E-state index in [4.69, 9.17) is 10.5 Å². The molecular weight excluding hydrogens is 169 g/mol. The van der Waals surface area contributed by atoms with Crippen molar-refractivity contribution >= 4 is 0 Å². The van der Waals surface area contributed by atoms with Crippen LogP contribution in [0, 0.1) is 5.82 Å². The van der Waals surface area contributed by atoms with Gasteiger partial charge in [0.05, 0.1) is 6.61 Å². The van der Waals surface area contributed by atoms with Crippen LogP contribution in [0.2, 0.25) is 0 Å². The summed E-state index contributed by atoms with van der Waals surface area (Å²) in [7, 11) is 0. The molecule has 0 saturated heterocycles. The van der Waals surface area contributed by atoms with Crippen molar-refractivity contribution in [3.05, 3.63) is 29.6 Å². The van der Waals surface area contributed by atoms with Crippen molar-refractivity contribution in [3.8, 4) is 5.75 Å². The van der Waals surface area contributed by atoms with Crippen molar-refractivity contribution < 1.29 is 9.13 Å². The molecule has 1 aromatic rings. The van der Waals surface area contributed by atoms with Gasteiger partial charge in [-0.05, 0) is 25.1 Å². The van der Waals surface area contributed by atoms with Gasteiger partial charge in [-0.1, -0.05) is 6.07 Å². The minimum atomic E-state index is -0.173. The number of halogens is 1. The topological polar surface area (TPSA) is 35.2 Å². The molecule has 0 amide bonds. The van der Waals surface area contributed by atoms with Gasteiger partial charge >= 0.3 is 0 Å². The van der Waals surface area contributed by atoms with E-state index < -0.39 is 0 Å². The van der Waals surface area contributed by atoms with Gasteiger partial charge in [-0.3, -0.25) is 0 Å². The molecule has 1 heterocycles. The smallest absolute Gasteiger partial charge is 0.130 e. The molecule has 0 spiro atoms. The van der Waals surface area contributed by atoms with E-state index in [0.717, 1.165) is 6.42 Å². The third kappa shape index (κ3) is 1.40. The highest BCUT2D eigenvalue weighted by atomic mass is 19.1. The third-order valence-corrected chi connectivity index (χ3v) is 2.38. The SMILES string of the molecule is NCCC1COc2cccc(F)c21. The van der Waals surface area contributed by atoms with Crippen molar-refractivity contribution in [1.29, 1.82) is 0 Å². The summed E-state index contributed by atoms with van der Waals surface area (Å²) in [6, 6.07) is 4.94. The van der Waals surface area contributed by atoms with E-state index in [9.17, 15) is 4.39 Å². The second kappa shape index (κ2) is 3.34. The van der Waals surface area contributed by atoms with Gasteiger partial charge in [0, 0.05) is 11.5 Å². The second-order valence-corrected chi connectivity index (χ2v) is 3.24. The Bertz CT molecular complexity index is 312. The van der Waals surface area contributed by atoms with Gasteiger partial charge in [-0.25, -0.2) is 4.39 Å². The van der Waals surface area contributed by atoms with Crippen molar-refractivity contribution in [3.63, 3.8) is 0 Å². The Balaban J connectivity index is 2.34. The molecule has 1 atom stereocenters. The quantitative estimate of drug-likeness (QED) is 0.753. The van der Waals surface area contributed by atoms with Crippen LogP contribution < -0.4 is 10.5 Å². The van der Waals surface area contributed by atoms with E-state index in [2.05, 4.69) is 0 Å². The average Bonchev–Trinajstić information content (AvgIpc) is 2.51. The first-order valence-corrected chi connectivity index (χ1v) is 4.44. The van der Waals surface area contributed by atoms with Crippen molar-refractivity contribution in [2.24, 2.45) is 5.73 Å². The van der Waals surface area contributed by atoms with Gasteiger partial charge in [0.1, 0.15) is 11.6 Å². The van der Waals surface area contributed by atoms with E-state index >= 15 is 0 Å². The predicted octanol–water partition coefficient (Wildman–Crippen LogP) is 1.65. The summed E-state index contributed by atoms with van der Waals surface area (Å²) in [5.74, 6) is 0.646. The number of nitrogens with two attached hydrogens (primary N) is 1. The molecule has 0 bridgehead atoms. The van der Waals surface area contributed by atoms with Crippen LogP contribution in [0.3, 0.4) is 0 Å². The number of benzene rings is 1. The summed E-state index contributed by atoms with van der Waals surface area (Å²) in [5, 5.41) is 0. The van der Waals surface area contributed by atoms with E-state index in [1.165, 1.54) is 6.07 Å². The Labute approximate surface area is 76.5 Å².